The van der Waals surface area contributed by atoms with Gasteiger partial charge >= 0.3 is 6.18 Å². The second-order valence-electron chi connectivity index (χ2n) is 5.03. The predicted molar refractivity (Wildman–Crippen MR) is 83.3 cm³/mol. The van der Waals surface area contributed by atoms with E-state index in [2.05, 4.69) is 5.32 Å². The van der Waals surface area contributed by atoms with E-state index in [0.717, 1.165) is 0 Å². The molecule has 0 aliphatic carbocycles. The van der Waals surface area contributed by atoms with Gasteiger partial charge in [0.1, 0.15) is 5.84 Å². The summed E-state index contributed by atoms with van der Waals surface area (Å²) in [5.74, 6) is -0.121. The third-order valence-corrected chi connectivity index (χ3v) is 3.33. The molecule has 8 heteroatoms. The van der Waals surface area contributed by atoms with E-state index in [9.17, 15) is 13.2 Å². The average Bonchev–Trinajstić information content (AvgIpc) is 2.47. The van der Waals surface area contributed by atoms with Gasteiger partial charge in [0, 0.05) is 16.9 Å². The van der Waals surface area contributed by atoms with Crippen molar-refractivity contribution in [3.8, 4) is 0 Å². The number of halogens is 3. The third-order valence-electron chi connectivity index (χ3n) is 3.33. The minimum absolute atomic E-state index is 0.121. The highest BCUT2D eigenvalue weighted by atomic mass is 19.4. The molecule has 2 rings (SSSR count). The highest BCUT2D eigenvalue weighted by Crippen LogP contribution is 2.33. The first-order valence-corrected chi connectivity index (χ1v) is 6.58. The Kier molecular flexibility index (Phi) is 4.31. The molecule has 0 atom stereocenters. The van der Waals surface area contributed by atoms with E-state index in [1.807, 2.05) is 0 Å². The molecular weight excluding hydrogens is 307 g/mol. The molecule has 0 heterocycles. The maximum Gasteiger partial charge on any atom is 0.423 e. The number of alkyl halides is 3. The zero-order chi connectivity index (χ0) is 17.3. The van der Waals surface area contributed by atoms with Crippen LogP contribution >= 0.6 is 0 Å². The van der Waals surface area contributed by atoms with Crippen LogP contribution in [-0.4, -0.2) is 12.0 Å². The van der Waals surface area contributed by atoms with Crippen LogP contribution in [0.2, 0.25) is 0 Å². The van der Waals surface area contributed by atoms with Crippen molar-refractivity contribution < 1.29 is 13.2 Å². The molecular formula is C15H16F3N5. The maximum absolute atomic E-state index is 12.8. The van der Waals surface area contributed by atoms with Crippen molar-refractivity contribution in [3.63, 3.8) is 0 Å². The molecule has 0 bridgehead atoms. The summed E-state index contributed by atoms with van der Waals surface area (Å²) in [5.41, 5.74) is 14.2. The Morgan fingerprint density at radius 3 is 2.04 bits per heavy atom. The van der Waals surface area contributed by atoms with Crippen LogP contribution in [0.4, 0.5) is 24.5 Å². The summed E-state index contributed by atoms with van der Waals surface area (Å²) in [7, 11) is 0. The number of nitrogens with one attached hydrogen (secondary N) is 2. The van der Waals surface area contributed by atoms with Gasteiger partial charge in [-0.15, -0.1) is 0 Å². The molecule has 5 nitrogen and oxygen atoms in total. The molecule has 2 aromatic rings. The van der Waals surface area contributed by atoms with E-state index in [1.165, 1.54) is 24.3 Å². The molecule has 0 radical (unpaired) electrons. The Morgan fingerprint density at radius 1 is 0.957 bits per heavy atom. The first-order chi connectivity index (χ1) is 10.6. The van der Waals surface area contributed by atoms with E-state index < -0.39 is 11.8 Å². The zero-order valence-corrected chi connectivity index (χ0v) is 12.0. The molecule has 0 unspecified atom stereocenters. The van der Waals surface area contributed by atoms with E-state index >= 15 is 0 Å². The molecule has 2 aromatic carbocycles. The summed E-state index contributed by atoms with van der Waals surface area (Å²) in [4.78, 5) is 0. The van der Waals surface area contributed by atoms with Crippen molar-refractivity contribution in [1.82, 2.24) is 0 Å². The lowest BCUT2D eigenvalue weighted by Crippen LogP contribution is -2.57. The number of benzene rings is 2. The highest BCUT2D eigenvalue weighted by molar-refractivity contribution is 6.00. The third kappa shape index (κ3) is 3.43. The van der Waals surface area contributed by atoms with Crippen LogP contribution in [0.15, 0.2) is 48.5 Å². The van der Waals surface area contributed by atoms with Gasteiger partial charge in [-0.3, -0.25) is 5.41 Å². The number of nitrogen functional groups attached to an aromatic ring is 1. The van der Waals surface area contributed by atoms with E-state index in [-0.39, 0.29) is 11.4 Å². The Labute approximate surface area is 130 Å². The van der Waals surface area contributed by atoms with Gasteiger partial charge in [0.15, 0.2) is 5.66 Å². The first kappa shape index (κ1) is 16.8. The molecule has 0 saturated heterocycles. The normalized spacial score (nSPS) is 12.0. The first-order valence-electron chi connectivity index (χ1n) is 6.58. The van der Waals surface area contributed by atoms with Crippen LogP contribution in [0, 0.1) is 5.41 Å². The molecule has 0 aromatic heterocycles. The Morgan fingerprint density at radius 2 is 1.52 bits per heavy atom. The second-order valence-corrected chi connectivity index (χ2v) is 5.03. The number of anilines is 2. The lowest BCUT2D eigenvalue weighted by molar-refractivity contribution is -0.188. The van der Waals surface area contributed by atoms with Crippen LogP contribution in [-0.2, 0) is 5.66 Å². The van der Waals surface area contributed by atoms with Crippen LogP contribution in [0.25, 0.3) is 0 Å². The van der Waals surface area contributed by atoms with Gasteiger partial charge in [-0.1, -0.05) is 24.3 Å². The summed E-state index contributed by atoms with van der Waals surface area (Å²) in [6.45, 7) is 0. The fourth-order valence-corrected chi connectivity index (χ4v) is 1.98. The summed E-state index contributed by atoms with van der Waals surface area (Å²) in [6.07, 6.45) is -4.76. The number of rotatable bonds is 4. The molecule has 0 aliphatic heterocycles. The van der Waals surface area contributed by atoms with Gasteiger partial charge in [-0.05, 0) is 29.8 Å². The van der Waals surface area contributed by atoms with Crippen LogP contribution in [0.3, 0.4) is 0 Å². The number of hydrogen-bond acceptors (Lipinski definition) is 4. The van der Waals surface area contributed by atoms with Gasteiger partial charge in [0.05, 0.1) is 0 Å². The number of amidine groups is 1. The Bertz CT molecular complexity index is 708. The van der Waals surface area contributed by atoms with Crippen molar-refractivity contribution in [1.29, 1.82) is 5.41 Å². The molecule has 0 amide bonds. The van der Waals surface area contributed by atoms with E-state index in [0.29, 0.717) is 16.9 Å². The Hall–Kier alpha value is -2.58. The fourth-order valence-electron chi connectivity index (χ4n) is 1.98. The monoisotopic (exact) mass is 323 g/mol. The van der Waals surface area contributed by atoms with Crippen molar-refractivity contribution in [3.05, 3.63) is 59.7 Å². The van der Waals surface area contributed by atoms with Gasteiger partial charge in [-0.25, -0.2) is 0 Å². The lowest BCUT2D eigenvalue weighted by Gasteiger charge is -2.27. The van der Waals surface area contributed by atoms with Gasteiger partial charge in [-0.2, -0.15) is 13.2 Å². The fraction of sp³-hybridized carbons (Fsp3) is 0.133. The van der Waals surface area contributed by atoms with Crippen LogP contribution < -0.4 is 22.5 Å². The van der Waals surface area contributed by atoms with Gasteiger partial charge in [0.25, 0.3) is 0 Å². The maximum atomic E-state index is 12.8. The predicted octanol–water partition coefficient (Wildman–Crippen LogP) is 2.35. The van der Waals surface area contributed by atoms with Crippen molar-refractivity contribution in [2.24, 2.45) is 17.2 Å². The van der Waals surface area contributed by atoms with Gasteiger partial charge < -0.3 is 22.5 Å². The average molecular weight is 323 g/mol. The lowest BCUT2D eigenvalue weighted by atomic mass is 10.0. The largest absolute Gasteiger partial charge is 0.423 e. The zero-order valence-electron chi connectivity index (χ0n) is 12.0. The molecule has 122 valence electrons. The van der Waals surface area contributed by atoms with Crippen LogP contribution in [0.1, 0.15) is 11.1 Å². The molecule has 23 heavy (non-hydrogen) atoms. The summed E-state index contributed by atoms with van der Waals surface area (Å²) in [5, 5.41) is 10.5. The molecule has 0 spiro atoms. The smallest absolute Gasteiger partial charge is 0.384 e. The second kappa shape index (κ2) is 5.90. The number of hydrogen-bond donors (Lipinski definition) is 5. The summed E-state index contributed by atoms with van der Waals surface area (Å²) < 4.78 is 38.4. The van der Waals surface area contributed by atoms with Crippen LogP contribution in [0.5, 0.6) is 0 Å². The molecule has 0 aliphatic rings. The summed E-state index contributed by atoms with van der Waals surface area (Å²) >= 11 is 0. The summed E-state index contributed by atoms with van der Waals surface area (Å²) in [6, 6.07) is 12.1. The van der Waals surface area contributed by atoms with Gasteiger partial charge in [0.2, 0.25) is 0 Å². The quantitative estimate of drug-likeness (QED) is 0.337. The highest BCUT2D eigenvalue weighted by Gasteiger charge is 2.50. The molecule has 0 saturated carbocycles. The minimum atomic E-state index is -4.76. The van der Waals surface area contributed by atoms with Crippen molar-refractivity contribution in [2.45, 2.75) is 11.8 Å². The minimum Gasteiger partial charge on any atom is -0.384 e. The standard InChI is InChI=1S/C15H16F3N5/c16-15(17,18)14(21,22)9-5-7-10(8-6-9)23-12-4-2-1-3-11(12)13(19)20/h1-8,23H,21-22H2,(H3,19,20). The Balaban J connectivity index is 2.27. The van der Waals surface area contributed by atoms with E-state index in [1.54, 1.807) is 24.3 Å². The molecule has 0 fully saturated rings. The topological polar surface area (TPSA) is 114 Å². The number of para-hydroxylation sites is 1. The van der Waals surface area contributed by atoms with E-state index in [4.69, 9.17) is 22.6 Å². The SMILES string of the molecule is N=C(N)c1ccccc1Nc1ccc(C(N)(N)C(F)(F)F)cc1. The van der Waals surface area contributed by atoms with Crippen molar-refractivity contribution in [2.75, 3.05) is 5.32 Å². The van der Waals surface area contributed by atoms with Crippen molar-refractivity contribution >= 4 is 17.2 Å². The number of nitrogens with two attached hydrogens (primary N) is 3. The molecule has 8 N–H and O–H groups in total.